The van der Waals surface area contributed by atoms with Crippen LogP contribution in [0, 0.1) is 4.77 Å². The molecule has 1 aromatic heterocycles. The number of nitrogens with zero attached hydrogens (tertiary/aromatic N) is 3. The molecule has 2 aromatic carbocycles. The van der Waals surface area contributed by atoms with Crippen molar-refractivity contribution in [3.8, 4) is 0 Å². The fourth-order valence-corrected chi connectivity index (χ4v) is 3.23. The quantitative estimate of drug-likeness (QED) is 0.374. The molecule has 3 rings (SSSR count). The summed E-state index contributed by atoms with van der Waals surface area (Å²) < 4.78 is 3.16. The smallest absolute Gasteiger partial charge is 0.217 e. The Hall–Kier alpha value is -1.70. The van der Waals surface area contributed by atoms with E-state index in [2.05, 4.69) is 43.4 Å². The molecule has 7 heteroatoms. The third kappa shape index (κ3) is 4.40. The first-order chi connectivity index (χ1) is 11.2. The number of halogens is 1. The van der Waals surface area contributed by atoms with Crippen LogP contribution in [0.2, 0.25) is 0 Å². The van der Waals surface area contributed by atoms with Crippen LogP contribution < -0.4 is 0 Å². The fourth-order valence-electron chi connectivity index (χ4n) is 1.87. The van der Waals surface area contributed by atoms with Gasteiger partial charge in [0.1, 0.15) is 0 Å². The van der Waals surface area contributed by atoms with E-state index in [0.29, 0.717) is 4.77 Å². The first kappa shape index (κ1) is 16.2. The number of nitrogens with one attached hydrogen (secondary N) is 1. The van der Waals surface area contributed by atoms with Crippen LogP contribution in [0.5, 0.6) is 0 Å². The predicted molar refractivity (Wildman–Crippen MR) is 101 cm³/mol. The van der Waals surface area contributed by atoms with E-state index in [1.54, 1.807) is 22.7 Å². The highest BCUT2D eigenvalue weighted by Crippen LogP contribution is 2.20. The molecule has 3 aromatic rings. The highest BCUT2D eigenvalue weighted by molar-refractivity contribution is 9.10. The van der Waals surface area contributed by atoms with Gasteiger partial charge in [0.05, 0.1) is 6.21 Å². The molecule has 116 valence electrons. The Labute approximate surface area is 151 Å². The minimum Gasteiger partial charge on any atom is -0.249 e. The third-order valence-electron chi connectivity index (χ3n) is 3.02. The predicted octanol–water partition coefficient (Wildman–Crippen LogP) is 4.88. The zero-order chi connectivity index (χ0) is 16.1. The van der Waals surface area contributed by atoms with E-state index < -0.39 is 0 Å². The average molecular weight is 405 g/mol. The maximum Gasteiger partial charge on any atom is 0.217 e. The number of rotatable bonds is 5. The molecule has 1 heterocycles. The Balaban J connectivity index is 1.76. The molecule has 0 aliphatic rings. The Morgan fingerprint density at radius 1 is 1.17 bits per heavy atom. The molecule has 0 spiro atoms. The molecule has 0 aliphatic carbocycles. The van der Waals surface area contributed by atoms with E-state index >= 15 is 0 Å². The van der Waals surface area contributed by atoms with Crippen molar-refractivity contribution in [2.45, 2.75) is 10.9 Å². The van der Waals surface area contributed by atoms with E-state index in [1.807, 2.05) is 42.5 Å². The van der Waals surface area contributed by atoms with E-state index in [1.165, 1.54) is 5.56 Å². The van der Waals surface area contributed by atoms with Crippen molar-refractivity contribution >= 4 is 46.1 Å². The van der Waals surface area contributed by atoms with Crippen molar-refractivity contribution in [2.24, 2.45) is 5.10 Å². The van der Waals surface area contributed by atoms with E-state index in [0.717, 1.165) is 20.9 Å². The van der Waals surface area contributed by atoms with Crippen molar-refractivity contribution in [2.75, 3.05) is 0 Å². The normalized spacial score (nSPS) is 11.2. The molecular weight excluding hydrogens is 392 g/mol. The van der Waals surface area contributed by atoms with Crippen LogP contribution in [0.25, 0.3) is 0 Å². The molecule has 23 heavy (non-hydrogen) atoms. The van der Waals surface area contributed by atoms with E-state index in [-0.39, 0.29) is 0 Å². The lowest BCUT2D eigenvalue weighted by atomic mass is 10.2. The van der Waals surface area contributed by atoms with Gasteiger partial charge >= 0.3 is 0 Å². The second kappa shape index (κ2) is 7.72. The molecule has 0 atom stereocenters. The summed E-state index contributed by atoms with van der Waals surface area (Å²) in [4.78, 5) is 0. The zero-order valence-electron chi connectivity index (χ0n) is 12.0. The summed E-state index contributed by atoms with van der Waals surface area (Å²) in [6.45, 7) is 0. The highest BCUT2D eigenvalue weighted by atomic mass is 79.9. The minimum absolute atomic E-state index is 0.480. The van der Waals surface area contributed by atoms with Crippen LogP contribution in [-0.2, 0) is 5.75 Å². The lowest BCUT2D eigenvalue weighted by Gasteiger charge is -2.01. The van der Waals surface area contributed by atoms with Crippen molar-refractivity contribution in [3.05, 3.63) is 75.0 Å². The first-order valence-electron chi connectivity index (χ1n) is 6.86. The van der Waals surface area contributed by atoms with Crippen molar-refractivity contribution in [1.82, 2.24) is 14.9 Å². The number of benzene rings is 2. The van der Waals surface area contributed by atoms with Gasteiger partial charge in [0.2, 0.25) is 9.93 Å². The van der Waals surface area contributed by atoms with E-state index in [4.69, 9.17) is 12.2 Å². The van der Waals surface area contributed by atoms with E-state index in [9.17, 15) is 0 Å². The molecule has 0 radical (unpaired) electrons. The summed E-state index contributed by atoms with van der Waals surface area (Å²) in [6.07, 6.45) is 1.77. The molecule has 0 unspecified atom stereocenters. The first-order valence-corrected chi connectivity index (χ1v) is 9.05. The van der Waals surface area contributed by atoms with Crippen LogP contribution >= 0.6 is 39.9 Å². The summed E-state index contributed by atoms with van der Waals surface area (Å²) in [5, 5.41) is 12.2. The number of aromatic nitrogens is 3. The van der Waals surface area contributed by atoms with Crippen molar-refractivity contribution < 1.29 is 0 Å². The summed E-state index contributed by atoms with van der Waals surface area (Å²) >= 11 is 10.3. The van der Waals surface area contributed by atoms with Crippen LogP contribution in [0.15, 0.2) is 69.3 Å². The average Bonchev–Trinajstić information content (AvgIpc) is 2.93. The molecule has 0 saturated heterocycles. The zero-order valence-corrected chi connectivity index (χ0v) is 15.2. The number of thioether (sulfide) groups is 1. The lowest BCUT2D eigenvalue weighted by Crippen LogP contribution is -1.94. The molecule has 0 aliphatic heterocycles. The molecule has 4 nitrogen and oxygen atoms in total. The maximum atomic E-state index is 5.25. The van der Waals surface area contributed by atoms with Crippen molar-refractivity contribution in [3.63, 3.8) is 0 Å². The molecule has 0 bridgehead atoms. The fraction of sp³-hybridized carbons (Fsp3) is 0.0625. The van der Waals surface area contributed by atoms with Gasteiger partial charge < -0.3 is 0 Å². The molecule has 0 amide bonds. The van der Waals surface area contributed by atoms with Gasteiger partial charge in [0.25, 0.3) is 0 Å². The second-order valence-electron chi connectivity index (χ2n) is 4.69. The Morgan fingerprint density at radius 3 is 2.65 bits per heavy atom. The van der Waals surface area contributed by atoms with Gasteiger partial charge in [-0.1, -0.05) is 70.2 Å². The topological polar surface area (TPSA) is 46.0 Å². The van der Waals surface area contributed by atoms with Gasteiger partial charge in [-0.2, -0.15) is 9.78 Å². The summed E-state index contributed by atoms with van der Waals surface area (Å²) in [6, 6.07) is 18.1. The summed E-state index contributed by atoms with van der Waals surface area (Å²) in [5.74, 6) is 0.814. The SMILES string of the molecule is S=c1[nH]nc(SCc2ccccc2)n1/N=C\c1ccc(Br)cc1. The Kier molecular flexibility index (Phi) is 5.43. The van der Waals surface area contributed by atoms with Gasteiger partial charge in [-0.3, -0.25) is 0 Å². The van der Waals surface area contributed by atoms with Crippen molar-refractivity contribution in [1.29, 1.82) is 0 Å². The Bertz CT molecular complexity index is 854. The highest BCUT2D eigenvalue weighted by Gasteiger charge is 2.06. The molecular formula is C16H13BrN4S2. The van der Waals surface area contributed by atoms with Crippen LogP contribution in [0.1, 0.15) is 11.1 Å². The largest absolute Gasteiger partial charge is 0.249 e. The molecule has 0 saturated carbocycles. The summed E-state index contributed by atoms with van der Waals surface area (Å²) in [7, 11) is 0. The van der Waals surface area contributed by atoms with Crippen LogP contribution in [0.3, 0.4) is 0 Å². The summed E-state index contributed by atoms with van der Waals surface area (Å²) in [5.41, 5.74) is 2.23. The van der Waals surface area contributed by atoms with Gasteiger partial charge in [0, 0.05) is 10.2 Å². The minimum atomic E-state index is 0.480. The standard InChI is InChI=1S/C16H13BrN4S2/c17-14-8-6-12(7-9-14)10-18-21-15(22)19-20-16(21)23-11-13-4-2-1-3-5-13/h1-10H,11H2,(H,19,22)/b18-10-. The Morgan fingerprint density at radius 2 is 1.91 bits per heavy atom. The van der Waals surface area contributed by atoms with Gasteiger partial charge in [-0.15, -0.1) is 5.10 Å². The van der Waals surface area contributed by atoms with Gasteiger partial charge in [0.15, 0.2) is 0 Å². The maximum absolute atomic E-state index is 5.25. The number of H-pyrrole nitrogens is 1. The lowest BCUT2D eigenvalue weighted by molar-refractivity contribution is 0.759. The number of hydrogen-bond acceptors (Lipinski definition) is 4. The van der Waals surface area contributed by atoms with Crippen LogP contribution in [-0.4, -0.2) is 21.1 Å². The van der Waals surface area contributed by atoms with Crippen LogP contribution in [0.4, 0.5) is 0 Å². The van der Waals surface area contributed by atoms with Gasteiger partial charge in [-0.25, -0.2) is 5.10 Å². The third-order valence-corrected chi connectivity index (χ3v) is 4.82. The monoisotopic (exact) mass is 404 g/mol. The number of hydrogen-bond donors (Lipinski definition) is 1. The molecule has 1 N–H and O–H groups in total. The number of aromatic amines is 1. The molecule has 0 fully saturated rings. The van der Waals surface area contributed by atoms with Gasteiger partial charge in [-0.05, 0) is 35.5 Å². The second-order valence-corrected chi connectivity index (χ2v) is 6.94.